The Bertz CT molecular complexity index is 908. The van der Waals surface area contributed by atoms with E-state index in [1.54, 1.807) is 7.11 Å². The molecule has 3 aliphatic heterocycles. The van der Waals surface area contributed by atoms with E-state index in [0.717, 1.165) is 61.6 Å². The van der Waals surface area contributed by atoms with E-state index >= 15 is 0 Å². The molecule has 172 valence electrons. The van der Waals surface area contributed by atoms with Crippen LogP contribution in [-0.4, -0.2) is 55.8 Å². The molecule has 3 heterocycles. The van der Waals surface area contributed by atoms with Crippen molar-refractivity contribution < 1.29 is 19.0 Å². The van der Waals surface area contributed by atoms with Crippen LogP contribution in [0, 0.1) is 5.92 Å². The minimum absolute atomic E-state index is 0. The highest BCUT2D eigenvalue weighted by Crippen LogP contribution is 2.39. The molecular formula is C25H31ClN2O4. The summed E-state index contributed by atoms with van der Waals surface area (Å²) in [6, 6.07) is 16.0. The van der Waals surface area contributed by atoms with Crippen LogP contribution in [0.25, 0.3) is 0 Å². The van der Waals surface area contributed by atoms with Crippen LogP contribution in [0.3, 0.4) is 0 Å². The van der Waals surface area contributed by atoms with Gasteiger partial charge in [0.2, 0.25) is 0 Å². The molecule has 0 aromatic heterocycles. The molecule has 5 rings (SSSR count). The van der Waals surface area contributed by atoms with Crippen molar-refractivity contribution in [2.75, 3.05) is 26.8 Å². The van der Waals surface area contributed by atoms with Gasteiger partial charge in [0.05, 0.1) is 7.11 Å². The van der Waals surface area contributed by atoms with E-state index in [1.807, 2.05) is 48.5 Å². The fraction of sp³-hybridized carbons (Fsp3) is 0.480. The maximum absolute atomic E-state index is 13.1. The van der Waals surface area contributed by atoms with Gasteiger partial charge in [-0.05, 0) is 74.5 Å². The topological polar surface area (TPSA) is 60.0 Å². The van der Waals surface area contributed by atoms with Crippen molar-refractivity contribution in [2.24, 2.45) is 5.92 Å². The smallest absolute Gasteiger partial charge is 0.254 e. The number of fused-ring (bicyclic) bond motifs is 3. The third-order valence-electron chi connectivity index (χ3n) is 6.77. The summed E-state index contributed by atoms with van der Waals surface area (Å²) < 4.78 is 17.1. The van der Waals surface area contributed by atoms with Gasteiger partial charge >= 0.3 is 0 Å². The molecule has 1 N–H and O–H groups in total. The predicted octanol–water partition coefficient (Wildman–Crippen LogP) is 3.93. The number of carbonyl (C=O) groups excluding carboxylic acids is 1. The number of rotatable bonds is 6. The Hall–Kier alpha value is -2.44. The lowest BCUT2D eigenvalue weighted by Gasteiger charge is -2.39. The summed E-state index contributed by atoms with van der Waals surface area (Å²) in [5.41, 5.74) is 0.754. The molecule has 0 spiro atoms. The number of carbonyl (C=O) groups is 1. The Morgan fingerprint density at radius 1 is 1.03 bits per heavy atom. The van der Waals surface area contributed by atoms with Crippen molar-refractivity contribution >= 4 is 18.3 Å². The molecule has 3 unspecified atom stereocenters. The summed E-state index contributed by atoms with van der Waals surface area (Å²) >= 11 is 0. The van der Waals surface area contributed by atoms with E-state index in [-0.39, 0.29) is 24.4 Å². The van der Waals surface area contributed by atoms with E-state index in [4.69, 9.17) is 14.2 Å². The van der Waals surface area contributed by atoms with Gasteiger partial charge in [-0.3, -0.25) is 4.79 Å². The monoisotopic (exact) mass is 458 g/mol. The van der Waals surface area contributed by atoms with Crippen molar-refractivity contribution in [2.45, 2.75) is 43.9 Å². The number of nitrogens with zero attached hydrogens (tertiary/aromatic N) is 1. The number of methoxy groups -OCH3 is 1. The van der Waals surface area contributed by atoms with Crippen molar-refractivity contribution in [3.63, 3.8) is 0 Å². The quantitative estimate of drug-likeness (QED) is 0.710. The SMILES string of the molecule is COc1ccc(C(=O)N2C3CCC2CC(CNCC2COc4ccccc4O2)C3)cc1.Cl. The first-order chi connectivity index (χ1) is 15.2. The van der Waals surface area contributed by atoms with Gasteiger partial charge < -0.3 is 24.4 Å². The summed E-state index contributed by atoms with van der Waals surface area (Å²) in [6.07, 6.45) is 4.38. The number of benzene rings is 2. The summed E-state index contributed by atoms with van der Waals surface area (Å²) in [5, 5.41) is 3.59. The van der Waals surface area contributed by atoms with Gasteiger partial charge in [0, 0.05) is 24.2 Å². The van der Waals surface area contributed by atoms with E-state index in [1.165, 1.54) is 0 Å². The third kappa shape index (κ3) is 4.66. The van der Waals surface area contributed by atoms with Gasteiger partial charge in [-0.25, -0.2) is 0 Å². The minimum atomic E-state index is 0. The van der Waals surface area contributed by atoms with Crippen molar-refractivity contribution in [1.82, 2.24) is 10.2 Å². The Morgan fingerprint density at radius 2 is 1.72 bits per heavy atom. The molecule has 0 saturated carbocycles. The first-order valence-electron chi connectivity index (χ1n) is 11.3. The van der Waals surface area contributed by atoms with E-state index < -0.39 is 0 Å². The number of hydrogen-bond acceptors (Lipinski definition) is 5. The number of nitrogens with one attached hydrogen (secondary N) is 1. The average molecular weight is 459 g/mol. The number of amides is 1. The van der Waals surface area contributed by atoms with Crippen LogP contribution < -0.4 is 19.5 Å². The van der Waals surface area contributed by atoms with Gasteiger partial charge in [-0.2, -0.15) is 0 Å². The molecule has 32 heavy (non-hydrogen) atoms. The number of halogens is 1. The Morgan fingerprint density at radius 3 is 2.41 bits per heavy atom. The first kappa shape index (κ1) is 22.7. The lowest BCUT2D eigenvalue weighted by atomic mass is 9.90. The average Bonchev–Trinajstić information content (AvgIpc) is 3.08. The second kappa shape index (κ2) is 10.0. The lowest BCUT2D eigenvalue weighted by Crippen LogP contribution is -2.48. The van der Waals surface area contributed by atoms with Gasteiger partial charge in [-0.15, -0.1) is 12.4 Å². The van der Waals surface area contributed by atoms with Crippen molar-refractivity contribution in [1.29, 1.82) is 0 Å². The molecule has 6 nitrogen and oxygen atoms in total. The Labute approximate surface area is 195 Å². The maximum atomic E-state index is 13.1. The zero-order valence-electron chi connectivity index (χ0n) is 18.4. The van der Waals surface area contributed by atoms with Crippen LogP contribution in [0.15, 0.2) is 48.5 Å². The van der Waals surface area contributed by atoms with Crippen LogP contribution in [-0.2, 0) is 0 Å². The molecule has 2 bridgehead atoms. The Balaban J connectivity index is 0.00000245. The van der Waals surface area contributed by atoms with Crippen LogP contribution in [0.5, 0.6) is 17.2 Å². The highest BCUT2D eigenvalue weighted by molar-refractivity contribution is 5.95. The minimum Gasteiger partial charge on any atom is -0.497 e. The second-order valence-electron chi connectivity index (χ2n) is 8.82. The molecule has 2 fully saturated rings. The van der Waals surface area contributed by atoms with Gasteiger partial charge in [0.15, 0.2) is 11.5 Å². The van der Waals surface area contributed by atoms with E-state index in [2.05, 4.69) is 10.2 Å². The largest absolute Gasteiger partial charge is 0.497 e. The van der Waals surface area contributed by atoms with Crippen LogP contribution >= 0.6 is 12.4 Å². The fourth-order valence-electron chi connectivity index (χ4n) is 5.28. The molecule has 0 aliphatic carbocycles. The van der Waals surface area contributed by atoms with E-state index in [9.17, 15) is 4.79 Å². The third-order valence-corrected chi connectivity index (χ3v) is 6.77. The molecule has 2 aromatic carbocycles. The summed E-state index contributed by atoms with van der Waals surface area (Å²) in [7, 11) is 1.64. The summed E-state index contributed by atoms with van der Waals surface area (Å²) in [4.78, 5) is 15.3. The second-order valence-corrected chi connectivity index (χ2v) is 8.82. The van der Waals surface area contributed by atoms with Crippen LogP contribution in [0.2, 0.25) is 0 Å². The molecule has 3 aliphatic rings. The fourth-order valence-corrected chi connectivity index (χ4v) is 5.28. The maximum Gasteiger partial charge on any atom is 0.254 e. The van der Waals surface area contributed by atoms with Crippen molar-refractivity contribution in [3.05, 3.63) is 54.1 Å². The van der Waals surface area contributed by atoms with Gasteiger partial charge in [0.25, 0.3) is 5.91 Å². The van der Waals surface area contributed by atoms with Crippen molar-refractivity contribution in [3.8, 4) is 17.2 Å². The predicted molar refractivity (Wildman–Crippen MR) is 125 cm³/mol. The zero-order chi connectivity index (χ0) is 21.2. The summed E-state index contributed by atoms with van der Waals surface area (Å²) in [5.74, 6) is 3.18. The Kier molecular flexibility index (Phi) is 7.11. The van der Waals surface area contributed by atoms with Gasteiger partial charge in [-0.1, -0.05) is 12.1 Å². The number of para-hydroxylation sites is 2. The van der Waals surface area contributed by atoms with E-state index in [0.29, 0.717) is 24.6 Å². The normalized spacial score (nSPS) is 25.7. The first-order valence-corrected chi connectivity index (χ1v) is 11.3. The lowest BCUT2D eigenvalue weighted by molar-refractivity contribution is 0.0515. The molecule has 2 aromatic rings. The highest BCUT2D eigenvalue weighted by atomic mass is 35.5. The molecule has 2 saturated heterocycles. The summed E-state index contributed by atoms with van der Waals surface area (Å²) in [6.45, 7) is 2.30. The number of piperidine rings is 1. The van der Waals surface area contributed by atoms with Gasteiger partial charge in [0.1, 0.15) is 18.5 Å². The van der Waals surface area contributed by atoms with Crippen LogP contribution in [0.4, 0.5) is 0 Å². The molecular weight excluding hydrogens is 428 g/mol. The molecule has 3 atom stereocenters. The van der Waals surface area contributed by atoms with Crippen LogP contribution in [0.1, 0.15) is 36.0 Å². The molecule has 7 heteroatoms. The number of ether oxygens (including phenoxy) is 3. The zero-order valence-corrected chi connectivity index (χ0v) is 19.2. The highest BCUT2D eigenvalue weighted by Gasteiger charge is 2.43. The number of hydrogen-bond donors (Lipinski definition) is 1. The standard InChI is InChI=1S/C25H30N2O4.ClH/c1-29-21-10-6-18(7-11-21)25(28)27-19-8-9-20(27)13-17(12-19)14-26-15-22-16-30-23-4-2-3-5-24(23)31-22;/h2-7,10-11,17,19-20,22,26H,8-9,12-16H2,1H3;1H. The molecule has 0 radical (unpaired) electrons. The molecule has 1 amide bonds.